The summed E-state index contributed by atoms with van der Waals surface area (Å²) in [5.74, 6) is -14.2. The van der Waals surface area contributed by atoms with Crippen molar-refractivity contribution in [3.05, 3.63) is 41.3 Å². The summed E-state index contributed by atoms with van der Waals surface area (Å²) in [6.07, 6.45) is 0.450. The van der Waals surface area contributed by atoms with E-state index in [1.54, 1.807) is 0 Å². The van der Waals surface area contributed by atoms with E-state index in [0.29, 0.717) is 0 Å². The van der Waals surface area contributed by atoms with Crippen LogP contribution in [0.3, 0.4) is 0 Å². The summed E-state index contributed by atoms with van der Waals surface area (Å²) in [5.41, 5.74) is -1.01. The predicted octanol–water partition coefficient (Wildman–Crippen LogP) is 3.65. The SMILES string of the molecule is CO[CH]C(c1c(F)c(F)c(F)c(F)c1F)C1CCC(C([O])=O)C1. The van der Waals surface area contributed by atoms with Crippen molar-refractivity contribution < 1.29 is 36.6 Å². The molecule has 1 aromatic rings. The molecule has 2 rings (SSSR count). The first kappa shape index (κ1) is 17.7. The molecule has 126 valence electrons. The van der Waals surface area contributed by atoms with Crippen molar-refractivity contribution >= 4 is 5.97 Å². The Hall–Kier alpha value is -1.70. The van der Waals surface area contributed by atoms with Crippen LogP contribution in [0.5, 0.6) is 0 Å². The van der Waals surface area contributed by atoms with E-state index in [4.69, 9.17) is 4.74 Å². The molecule has 3 atom stereocenters. The lowest BCUT2D eigenvalue weighted by Crippen LogP contribution is -2.19. The van der Waals surface area contributed by atoms with Crippen molar-refractivity contribution in [2.45, 2.75) is 25.2 Å². The lowest BCUT2D eigenvalue weighted by molar-refractivity contribution is -0.147. The first-order chi connectivity index (χ1) is 10.8. The van der Waals surface area contributed by atoms with Gasteiger partial charge in [0.1, 0.15) is 0 Å². The van der Waals surface area contributed by atoms with Crippen LogP contribution in [-0.4, -0.2) is 13.1 Å². The van der Waals surface area contributed by atoms with Crippen LogP contribution in [0.15, 0.2) is 0 Å². The highest BCUT2D eigenvalue weighted by Gasteiger charge is 2.40. The molecular weight excluding hydrogens is 323 g/mol. The molecule has 0 spiro atoms. The fraction of sp³-hybridized carbons (Fsp3) is 0.467. The molecule has 0 aliphatic heterocycles. The zero-order valence-corrected chi connectivity index (χ0v) is 12.0. The molecule has 0 amide bonds. The third-order valence-corrected chi connectivity index (χ3v) is 4.17. The molecule has 0 heterocycles. The van der Waals surface area contributed by atoms with E-state index >= 15 is 0 Å². The third-order valence-electron chi connectivity index (χ3n) is 4.17. The molecule has 1 saturated carbocycles. The average Bonchev–Trinajstić information content (AvgIpc) is 3.00. The number of rotatable bonds is 5. The Kier molecular flexibility index (Phi) is 5.23. The van der Waals surface area contributed by atoms with Gasteiger partial charge in [-0.1, -0.05) is 0 Å². The maximum Gasteiger partial charge on any atom is 0.358 e. The molecule has 8 heteroatoms. The standard InChI is InChI=1S/C15H13F5O3/c1-23-5-8(6-2-3-7(4-6)15(21)22)9-10(16)12(18)14(20)13(19)11(9)17/h5-8H,2-4H2,1H3. The van der Waals surface area contributed by atoms with Gasteiger partial charge in [-0.15, -0.1) is 0 Å². The van der Waals surface area contributed by atoms with Crippen LogP contribution < -0.4 is 0 Å². The largest absolute Gasteiger partial charge is 0.378 e. The number of methoxy groups -OCH3 is 1. The molecule has 2 radical (unpaired) electrons. The Morgan fingerprint density at radius 3 is 2.00 bits per heavy atom. The highest BCUT2D eigenvalue weighted by atomic mass is 19.2. The van der Waals surface area contributed by atoms with Gasteiger partial charge in [-0.2, -0.15) is 0 Å². The molecule has 0 bridgehead atoms. The van der Waals surface area contributed by atoms with Gasteiger partial charge in [0.05, 0.1) is 12.5 Å². The van der Waals surface area contributed by atoms with Crippen molar-refractivity contribution in [3.63, 3.8) is 0 Å². The first-order valence-corrected chi connectivity index (χ1v) is 6.87. The van der Waals surface area contributed by atoms with Gasteiger partial charge >= 0.3 is 5.97 Å². The predicted molar refractivity (Wildman–Crippen MR) is 66.8 cm³/mol. The van der Waals surface area contributed by atoms with Crippen LogP contribution >= 0.6 is 0 Å². The van der Waals surface area contributed by atoms with Crippen molar-refractivity contribution in [2.24, 2.45) is 11.8 Å². The maximum atomic E-state index is 14.0. The summed E-state index contributed by atoms with van der Waals surface area (Å²) in [6.45, 7) is 0.959. The smallest absolute Gasteiger partial charge is 0.358 e. The summed E-state index contributed by atoms with van der Waals surface area (Å²) in [7, 11) is 1.17. The van der Waals surface area contributed by atoms with E-state index in [-0.39, 0.29) is 19.3 Å². The molecule has 0 aromatic heterocycles. The van der Waals surface area contributed by atoms with Crippen LogP contribution in [0.2, 0.25) is 0 Å². The zero-order valence-electron chi connectivity index (χ0n) is 12.0. The van der Waals surface area contributed by atoms with Gasteiger partial charge < -0.3 is 4.74 Å². The monoisotopic (exact) mass is 336 g/mol. The second kappa shape index (κ2) is 6.82. The van der Waals surface area contributed by atoms with Crippen molar-refractivity contribution in [2.75, 3.05) is 7.11 Å². The van der Waals surface area contributed by atoms with Gasteiger partial charge in [0, 0.05) is 18.6 Å². The number of halogens is 5. The van der Waals surface area contributed by atoms with Gasteiger partial charge in [-0.25, -0.2) is 31.9 Å². The summed E-state index contributed by atoms with van der Waals surface area (Å²) >= 11 is 0. The third kappa shape index (κ3) is 3.17. The summed E-state index contributed by atoms with van der Waals surface area (Å²) in [6, 6.07) is 0. The van der Waals surface area contributed by atoms with Gasteiger partial charge in [-0.3, -0.25) is 0 Å². The van der Waals surface area contributed by atoms with Crippen LogP contribution in [0.1, 0.15) is 30.7 Å². The summed E-state index contributed by atoms with van der Waals surface area (Å²) in [4.78, 5) is 10.9. The molecule has 1 aliphatic carbocycles. The Balaban J connectivity index is 2.45. The van der Waals surface area contributed by atoms with Crippen molar-refractivity contribution in [3.8, 4) is 0 Å². The molecule has 0 saturated heterocycles. The van der Waals surface area contributed by atoms with Crippen molar-refractivity contribution in [1.82, 2.24) is 0 Å². The lowest BCUT2D eigenvalue weighted by atomic mass is 9.84. The number of hydrogen-bond acceptors (Lipinski definition) is 2. The Morgan fingerprint density at radius 2 is 1.57 bits per heavy atom. The Labute approximate surface area is 129 Å². The highest BCUT2D eigenvalue weighted by Crippen LogP contribution is 2.44. The molecule has 23 heavy (non-hydrogen) atoms. The topological polar surface area (TPSA) is 46.2 Å². The zero-order chi connectivity index (χ0) is 17.3. The van der Waals surface area contributed by atoms with Gasteiger partial charge in [0.25, 0.3) is 0 Å². The number of carbonyl (C=O) groups is 1. The Morgan fingerprint density at radius 1 is 1.04 bits per heavy atom. The minimum atomic E-state index is -2.24. The van der Waals surface area contributed by atoms with E-state index in [2.05, 4.69) is 0 Å². The Bertz CT molecular complexity index is 591. The average molecular weight is 336 g/mol. The molecule has 1 aliphatic rings. The molecule has 3 nitrogen and oxygen atoms in total. The molecule has 0 N–H and O–H groups in total. The molecule has 1 fully saturated rings. The minimum Gasteiger partial charge on any atom is -0.378 e. The fourth-order valence-corrected chi connectivity index (χ4v) is 3.03. The normalized spacial score (nSPS) is 22.3. The van der Waals surface area contributed by atoms with Crippen LogP contribution in [0, 0.1) is 47.5 Å². The van der Waals surface area contributed by atoms with Crippen LogP contribution in [0.25, 0.3) is 0 Å². The molecule has 1 aromatic carbocycles. The quantitative estimate of drug-likeness (QED) is 0.468. The van der Waals surface area contributed by atoms with Gasteiger partial charge in [0.2, 0.25) is 5.82 Å². The number of ether oxygens (including phenoxy) is 1. The fourth-order valence-electron chi connectivity index (χ4n) is 3.03. The molecular formula is C15H13F5O3. The number of carbonyl (C=O) groups excluding carboxylic acids is 1. The number of benzene rings is 1. The van der Waals surface area contributed by atoms with E-state index in [1.807, 2.05) is 0 Å². The van der Waals surface area contributed by atoms with Crippen LogP contribution in [-0.2, 0) is 14.6 Å². The maximum absolute atomic E-state index is 14.0. The lowest BCUT2D eigenvalue weighted by Gasteiger charge is -2.24. The van der Waals surface area contributed by atoms with E-state index in [9.17, 15) is 31.9 Å². The second-order valence-corrected chi connectivity index (χ2v) is 5.47. The minimum absolute atomic E-state index is 0.00630. The number of hydrogen-bond donors (Lipinski definition) is 0. The van der Waals surface area contributed by atoms with Gasteiger partial charge in [0.15, 0.2) is 23.3 Å². The molecule has 3 unspecified atom stereocenters. The van der Waals surface area contributed by atoms with E-state index < -0.39 is 58.4 Å². The summed E-state index contributed by atoms with van der Waals surface area (Å²) < 4.78 is 72.5. The second-order valence-electron chi connectivity index (χ2n) is 5.47. The first-order valence-electron chi connectivity index (χ1n) is 6.87. The highest BCUT2D eigenvalue weighted by molar-refractivity contribution is 5.69. The van der Waals surface area contributed by atoms with E-state index in [0.717, 1.165) is 6.61 Å². The van der Waals surface area contributed by atoms with Crippen molar-refractivity contribution in [1.29, 1.82) is 0 Å². The summed E-state index contributed by atoms with van der Waals surface area (Å²) in [5, 5.41) is 10.9. The van der Waals surface area contributed by atoms with Gasteiger partial charge in [-0.05, 0) is 25.2 Å². The van der Waals surface area contributed by atoms with E-state index in [1.165, 1.54) is 7.11 Å². The van der Waals surface area contributed by atoms with Crippen LogP contribution in [0.4, 0.5) is 22.0 Å².